The number of hydrogen-bond donors (Lipinski definition) is 2. The number of aromatic amines is 1. The number of ether oxygens (including phenoxy) is 1. The van der Waals surface area contributed by atoms with Crippen LogP contribution in [0.3, 0.4) is 0 Å². The Balaban J connectivity index is 1.58. The molecular weight excluding hydrogens is 348 g/mol. The van der Waals surface area contributed by atoms with Gasteiger partial charge < -0.3 is 15.0 Å². The number of H-pyrrole nitrogens is 1. The first-order valence-electron chi connectivity index (χ1n) is 8.30. The fraction of sp³-hybridized carbons (Fsp3) is 0.158. The number of hydrogen-bond acceptors (Lipinski definition) is 5. The van der Waals surface area contributed by atoms with Gasteiger partial charge in [-0.25, -0.2) is 9.78 Å². The van der Waals surface area contributed by atoms with Gasteiger partial charge in [0.1, 0.15) is 12.4 Å². The normalized spacial score (nSPS) is 11.6. The summed E-state index contributed by atoms with van der Waals surface area (Å²) in [6.07, 6.45) is 1.08. The fourth-order valence-electron chi connectivity index (χ4n) is 2.46. The first-order valence-corrected chi connectivity index (χ1v) is 8.30. The molecule has 3 aromatic rings. The first kappa shape index (κ1) is 18.1. The molecule has 0 fully saturated rings. The number of imidazole rings is 1. The van der Waals surface area contributed by atoms with E-state index in [1.807, 2.05) is 30.3 Å². The molecule has 8 heteroatoms. The number of aromatic nitrogens is 2. The highest BCUT2D eigenvalue weighted by Crippen LogP contribution is 2.21. The standard InChI is InChI=1S/C19H18N4O4/c1-13(21-19(24)27-12-14-5-3-2-4-6-14)17-11-20-18(22-17)15-7-9-16(10-8-15)23(25)26/h2-11,13H,12H2,1H3,(H,20,22)(H,21,24)/t13-/m1/s1. The quantitative estimate of drug-likeness (QED) is 0.506. The molecule has 0 saturated carbocycles. The summed E-state index contributed by atoms with van der Waals surface area (Å²) in [5.41, 5.74) is 2.33. The molecule has 1 amide bonds. The van der Waals surface area contributed by atoms with Gasteiger partial charge in [-0.15, -0.1) is 0 Å². The van der Waals surface area contributed by atoms with Gasteiger partial charge in [-0.1, -0.05) is 30.3 Å². The van der Waals surface area contributed by atoms with E-state index in [-0.39, 0.29) is 18.3 Å². The SMILES string of the molecule is C[C@@H](NC(=O)OCc1ccccc1)c1cnc(-c2ccc([N+](=O)[O-])cc2)[nH]1. The Bertz CT molecular complexity index is 922. The molecule has 1 aromatic heterocycles. The van der Waals surface area contributed by atoms with Crippen molar-refractivity contribution in [2.24, 2.45) is 0 Å². The molecule has 2 N–H and O–H groups in total. The topological polar surface area (TPSA) is 110 Å². The Kier molecular flexibility index (Phi) is 5.46. The van der Waals surface area contributed by atoms with Crippen molar-refractivity contribution in [3.8, 4) is 11.4 Å². The van der Waals surface area contributed by atoms with E-state index < -0.39 is 11.0 Å². The average Bonchev–Trinajstić information content (AvgIpc) is 3.18. The maximum Gasteiger partial charge on any atom is 0.407 e. The summed E-state index contributed by atoms with van der Waals surface area (Å²) >= 11 is 0. The van der Waals surface area contributed by atoms with E-state index in [4.69, 9.17) is 4.74 Å². The van der Waals surface area contributed by atoms with Crippen LogP contribution >= 0.6 is 0 Å². The maximum atomic E-state index is 11.9. The summed E-state index contributed by atoms with van der Waals surface area (Å²) in [4.78, 5) is 29.6. The molecule has 27 heavy (non-hydrogen) atoms. The van der Waals surface area contributed by atoms with Crippen molar-refractivity contribution in [2.75, 3.05) is 0 Å². The number of alkyl carbamates (subject to hydrolysis) is 1. The van der Waals surface area contributed by atoms with Crippen LogP contribution in [0.4, 0.5) is 10.5 Å². The Morgan fingerprint density at radius 2 is 1.93 bits per heavy atom. The molecule has 3 rings (SSSR count). The molecule has 0 unspecified atom stereocenters. The van der Waals surface area contributed by atoms with E-state index >= 15 is 0 Å². The van der Waals surface area contributed by atoms with Crippen LogP contribution in [0.15, 0.2) is 60.8 Å². The molecule has 1 heterocycles. The van der Waals surface area contributed by atoms with Gasteiger partial charge >= 0.3 is 6.09 Å². The largest absolute Gasteiger partial charge is 0.445 e. The zero-order chi connectivity index (χ0) is 19.2. The number of nitrogens with one attached hydrogen (secondary N) is 2. The van der Waals surface area contributed by atoms with Gasteiger partial charge in [0, 0.05) is 17.7 Å². The lowest BCUT2D eigenvalue weighted by Crippen LogP contribution is -2.27. The van der Waals surface area contributed by atoms with Crippen LogP contribution in [0.2, 0.25) is 0 Å². The fourth-order valence-corrected chi connectivity index (χ4v) is 2.46. The number of non-ortho nitro benzene ring substituents is 1. The molecule has 0 saturated heterocycles. The van der Waals surface area contributed by atoms with E-state index in [0.717, 1.165) is 5.56 Å². The van der Waals surface area contributed by atoms with Crippen molar-refractivity contribution in [1.82, 2.24) is 15.3 Å². The molecule has 138 valence electrons. The van der Waals surface area contributed by atoms with E-state index in [9.17, 15) is 14.9 Å². The lowest BCUT2D eigenvalue weighted by atomic mass is 10.2. The second-order valence-electron chi connectivity index (χ2n) is 5.92. The molecule has 0 bridgehead atoms. The van der Waals surface area contributed by atoms with E-state index in [0.29, 0.717) is 17.1 Å². The van der Waals surface area contributed by atoms with Crippen LogP contribution in [0, 0.1) is 10.1 Å². The monoisotopic (exact) mass is 366 g/mol. The van der Waals surface area contributed by atoms with Gasteiger partial charge in [0.15, 0.2) is 0 Å². The van der Waals surface area contributed by atoms with Gasteiger partial charge in [0.25, 0.3) is 5.69 Å². The summed E-state index contributed by atoms with van der Waals surface area (Å²) in [5.74, 6) is 0.561. The zero-order valence-corrected chi connectivity index (χ0v) is 14.6. The molecule has 0 aliphatic heterocycles. The van der Waals surface area contributed by atoms with Gasteiger partial charge in [0.05, 0.1) is 22.9 Å². The highest BCUT2D eigenvalue weighted by molar-refractivity contribution is 5.68. The number of amides is 1. The van der Waals surface area contributed by atoms with Crippen molar-refractivity contribution >= 4 is 11.8 Å². The summed E-state index contributed by atoms with van der Waals surface area (Å²) in [6.45, 7) is 1.99. The van der Waals surface area contributed by atoms with Crippen molar-refractivity contribution in [1.29, 1.82) is 0 Å². The number of nitrogens with zero attached hydrogens (tertiary/aromatic N) is 2. The van der Waals surface area contributed by atoms with E-state index in [1.54, 1.807) is 25.3 Å². The lowest BCUT2D eigenvalue weighted by Gasteiger charge is -2.12. The van der Waals surface area contributed by atoms with Gasteiger partial charge in [-0.05, 0) is 24.6 Å². The van der Waals surface area contributed by atoms with E-state index in [1.165, 1.54) is 12.1 Å². The Hall–Kier alpha value is -3.68. The molecule has 0 aliphatic carbocycles. The number of nitro groups is 1. The summed E-state index contributed by atoms with van der Waals surface area (Å²) in [6, 6.07) is 15.1. The van der Waals surface area contributed by atoms with Gasteiger partial charge in [-0.3, -0.25) is 10.1 Å². The van der Waals surface area contributed by atoms with Crippen molar-refractivity contribution < 1.29 is 14.5 Å². The Labute approximate surface area is 155 Å². The van der Waals surface area contributed by atoms with Crippen molar-refractivity contribution in [2.45, 2.75) is 19.6 Å². The minimum absolute atomic E-state index is 0.0155. The molecule has 0 aliphatic rings. The zero-order valence-electron chi connectivity index (χ0n) is 14.6. The average molecular weight is 366 g/mol. The number of carbonyl (C=O) groups excluding carboxylic acids is 1. The molecular formula is C19H18N4O4. The predicted octanol–water partition coefficient (Wildman–Crippen LogP) is 3.97. The Morgan fingerprint density at radius 3 is 2.59 bits per heavy atom. The summed E-state index contributed by atoms with van der Waals surface area (Å²) in [7, 11) is 0. The van der Waals surface area contributed by atoms with E-state index in [2.05, 4.69) is 15.3 Å². The third-order valence-electron chi connectivity index (χ3n) is 3.96. The minimum atomic E-state index is -0.530. The summed E-state index contributed by atoms with van der Waals surface area (Å²) < 4.78 is 5.20. The van der Waals surface area contributed by atoms with Crippen molar-refractivity contribution in [3.05, 3.63) is 82.2 Å². The van der Waals surface area contributed by atoms with Crippen LogP contribution in [-0.2, 0) is 11.3 Å². The van der Waals surface area contributed by atoms with Gasteiger partial charge in [-0.2, -0.15) is 0 Å². The molecule has 0 radical (unpaired) electrons. The number of benzene rings is 2. The van der Waals surface area contributed by atoms with Crippen LogP contribution in [-0.4, -0.2) is 21.0 Å². The molecule has 0 spiro atoms. The van der Waals surface area contributed by atoms with Gasteiger partial charge in [0.2, 0.25) is 0 Å². The predicted molar refractivity (Wildman–Crippen MR) is 98.9 cm³/mol. The number of rotatable bonds is 6. The van der Waals surface area contributed by atoms with Crippen LogP contribution < -0.4 is 5.32 Å². The first-order chi connectivity index (χ1) is 13.0. The minimum Gasteiger partial charge on any atom is -0.445 e. The number of nitro benzene ring substituents is 1. The molecule has 2 aromatic carbocycles. The maximum absolute atomic E-state index is 11.9. The third kappa shape index (κ3) is 4.69. The van der Waals surface area contributed by atoms with Crippen LogP contribution in [0.1, 0.15) is 24.2 Å². The highest BCUT2D eigenvalue weighted by Gasteiger charge is 2.14. The van der Waals surface area contributed by atoms with Crippen LogP contribution in [0.5, 0.6) is 0 Å². The second kappa shape index (κ2) is 8.13. The third-order valence-corrected chi connectivity index (χ3v) is 3.96. The number of carbonyl (C=O) groups is 1. The summed E-state index contributed by atoms with van der Waals surface area (Å²) in [5, 5.41) is 13.5. The Morgan fingerprint density at radius 1 is 1.22 bits per heavy atom. The smallest absolute Gasteiger partial charge is 0.407 e. The molecule has 8 nitrogen and oxygen atoms in total. The molecule has 1 atom stereocenters. The second-order valence-corrected chi connectivity index (χ2v) is 5.92. The highest BCUT2D eigenvalue weighted by atomic mass is 16.6. The lowest BCUT2D eigenvalue weighted by molar-refractivity contribution is -0.384. The van der Waals surface area contributed by atoms with Crippen LogP contribution in [0.25, 0.3) is 11.4 Å². The van der Waals surface area contributed by atoms with Crippen molar-refractivity contribution in [3.63, 3.8) is 0 Å².